The van der Waals surface area contributed by atoms with Gasteiger partial charge >= 0.3 is 11.9 Å². The van der Waals surface area contributed by atoms with E-state index in [-0.39, 0.29) is 12.8 Å². The summed E-state index contributed by atoms with van der Waals surface area (Å²) in [6.07, 6.45) is 5.69. The molecule has 0 aliphatic heterocycles. The van der Waals surface area contributed by atoms with Crippen LogP contribution < -0.4 is 0 Å². The van der Waals surface area contributed by atoms with E-state index in [0.29, 0.717) is 6.42 Å². The molecule has 0 aromatic heterocycles. The van der Waals surface area contributed by atoms with Gasteiger partial charge in [0.05, 0.1) is 12.3 Å². The molecule has 0 heterocycles. The molecule has 0 aromatic rings. The molecule has 0 bridgehead atoms. The molecular weight excluding hydrogens is 184 g/mol. The summed E-state index contributed by atoms with van der Waals surface area (Å²) < 4.78 is 0. The van der Waals surface area contributed by atoms with E-state index in [1.54, 1.807) is 18.2 Å². The van der Waals surface area contributed by atoms with Gasteiger partial charge < -0.3 is 10.2 Å². The molecule has 0 spiro atoms. The van der Waals surface area contributed by atoms with Crippen LogP contribution in [0.3, 0.4) is 0 Å². The predicted molar refractivity (Wildman–Crippen MR) is 51.9 cm³/mol. The van der Waals surface area contributed by atoms with E-state index in [2.05, 4.69) is 6.58 Å². The molecule has 0 rings (SSSR count). The third kappa shape index (κ3) is 5.99. The predicted octanol–water partition coefficient (Wildman–Crippen LogP) is 1.68. The van der Waals surface area contributed by atoms with Crippen LogP contribution in [-0.4, -0.2) is 22.2 Å². The van der Waals surface area contributed by atoms with Crippen molar-refractivity contribution in [3.8, 4) is 0 Å². The SMILES string of the molecule is C=CC/C=C/CC(CC(=O)O)C(=O)O. The van der Waals surface area contributed by atoms with Crippen molar-refractivity contribution in [2.24, 2.45) is 5.92 Å². The zero-order valence-electron chi connectivity index (χ0n) is 7.85. The van der Waals surface area contributed by atoms with Crippen LogP contribution in [0, 0.1) is 5.92 Å². The topological polar surface area (TPSA) is 74.6 Å². The van der Waals surface area contributed by atoms with Gasteiger partial charge in [0, 0.05) is 0 Å². The number of allylic oxidation sites excluding steroid dienone is 3. The van der Waals surface area contributed by atoms with Crippen molar-refractivity contribution in [2.75, 3.05) is 0 Å². The number of hydrogen-bond acceptors (Lipinski definition) is 2. The second-order valence-corrected chi connectivity index (χ2v) is 2.86. The summed E-state index contributed by atoms with van der Waals surface area (Å²) in [6.45, 7) is 3.50. The van der Waals surface area contributed by atoms with Crippen molar-refractivity contribution in [1.82, 2.24) is 0 Å². The molecule has 4 nitrogen and oxygen atoms in total. The quantitative estimate of drug-likeness (QED) is 0.610. The zero-order chi connectivity index (χ0) is 11.0. The van der Waals surface area contributed by atoms with Crippen LogP contribution in [0.4, 0.5) is 0 Å². The summed E-state index contributed by atoms with van der Waals surface area (Å²) in [4.78, 5) is 20.9. The summed E-state index contributed by atoms with van der Waals surface area (Å²) in [5, 5.41) is 17.1. The summed E-state index contributed by atoms with van der Waals surface area (Å²) >= 11 is 0. The minimum Gasteiger partial charge on any atom is -0.481 e. The third-order valence-electron chi connectivity index (χ3n) is 1.66. The number of carbonyl (C=O) groups is 2. The lowest BCUT2D eigenvalue weighted by Crippen LogP contribution is -2.16. The zero-order valence-corrected chi connectivity index (χ0v) is 7.85. The van der Waals surface area contributed by atoms with Crippen molar-refractivity contribution in [1.29, 1.82) is 0 Å². The Hall–Kier alpha value is -1.58. The van der Waals surface area contributed by atoms with Gasteiger partial charge in [0.2, 0.25) is 0 Å². The van der Waals surface area contributed by atoms with Gasteiger partial charge in [0.25, 0.3) is 0 Å². The molecule has 0 aliphatic rings. The first-order valence-corrected chi connectivity index (χ1v) is 4.28. The molecule has 0 saturated carbocycles. The van der Waals surface area contributed by atoms with E-state index < -0.39 is 17.9 Å². The van der Waals surface area contributed by atoms with E-state index in [4.69, 9.17) is 10.2 Å². The lowest BCUT2D eigenvalue weighted by molar-refractivity contribution is -0.148. The fourth-order valence-electron chi connectivity index (χ4n) is 0.935. The van der Waals surface area contributed by atoms with Crippen LogP contribution in [0.5, 0.6) is 0 Å². The highest BCUT2D eigenvalue weighted by atomic mass is 16.4. The van der Waals surface area contributed by atoms with Crippen LogP contribution in [0.2, 0.25) is 0 Å². The Labute approximate surface area is 82.6 Å². The first-order chi connectivity index (χ1) is 6.57. The third-order valence-corrected chi connectivity index (χ3v) is 1.66. The van der Waals surface area contributed by atoms with Crippen molar-refractivity contribution in [3.05, 3.63) is 24.8 Å². The highest BCUT2D eigenvalue weighted by molar-refractivity contribution is 5.77. The molecule has 0 radical (unpaired) electrons. The molecule has 14 heavy (non-hydrogen) atoms. The molecule has 1 unspecified atom stereocenters. The Kier molecular flexibility index (Phi) is 6.11. The van der Waals surface area contributed by atoms with Crippen LogP contribution in [0.25, 0.3) is 0 Å². The van der Waals surface area contributed by atoms with Crippen LogP contribution in [0.1, 0.15) is 19.3 Å². The van der Waals surface area contributed by atoms with Crippen molar-refractivity contribution in [3.63, 3.8) is 0 Å². The Bertz CT molecular complexity index is 243. The van der Waals surface area contributed by atoms with E-state index in [9.17, 15) is 9.59 Å². The number of carboxylic acid groups (broad SMARTS) is 2. The standard InChI is InChI=1S/C10H14O4/c1-2-3-4-5-6-8(10(13)14)7-9(11)12/h2,4-5,8H,1,3,6-7H2,(H,11,12)(H,13,14)/b5-4+. The average Bonchev–Trinajstić information content (AvgIpc) is 2.09. The molecule has 2 N–H and O–H groups in total. The van der Waals surface area contributed by atoms with E-state index in [0.717, 1.165) is 0 Å². The first kappa shape index (κ1) is 12.4. The minimum atomic E-state index is -1.09. The summed E-state index contributed by atoms with van der Waals surface area (Å²) in [5.41, 5.74) is 0. The van der Waals surface area contributed by atoms with Crippen molar-refractivity contribution >= 4 is 11.9 Å². The Morgan fingerprint density at radius 1 is 1.29 bits per heavy atom. The van der Waals surface area contributed by atoms with Crippen molar-refractivity contribution < 1.29 is 19.8 Å². The lowest BCUT2D eigenvalue weighted by Gasteiger charge is -2.05. The highest BCUT2D eigenvalue weighted by Gasteiger charge is 2.18. The molecule has 0 amide bonds. The van der Waals surface area contributed by atoms with Gasteiger partial charge in [-0.05, 0) is 12.8 Å². The normalized spacial score (nSPS) is 12.6. The maximum atomic E-state index is 10.6. The molecule has 78 valence electrons. The molecule has 0 saturated heterocycles. The smallest absolute Gasteiger partial charge is 0.307 e. The van der Waals surface area contributed by atoms with E-state index in [1.807, 2.05) is 0 Å². The molecule has 0 aromatic carbocycles. The lowest BCUT2D eigenvalue weighted by atomic mass is 10.0. The molecule has 4 heteroatoms. The molecule has 0 fully saturated rings. The first-order valence-electron chi connectivity index (χ1n) is 4.28. The fraction of sp³-hybridized carbons (Fsp3) is 0.400. The number of aliphatic carboxylic acids is 2. The maximum Gasteiger partial charge on any atom is 0.307 e. The molecule has 0 aliphatic carbocycles. The van der Waals surface area contributed by atoms with Crippen LogP contribution in [0.15, 0.2) is 24.8 Å². The van der Waals surface area contributed by atoms with Crippen LogP contribution >= 0.6 is 0 Å². The van der Waals surface area contributed by atoms with Gasteiger partial charge in [-0.2, -0.15) is 0 Å². The van der Waals surface area contributed by atoms with Crippen LogP contribution in [-0.2, 0) is 9.59 Å². The highest BCUT2D eigenvalue weighted by Crippen LogP contribution is 2.10. The van der Waals surface area contributed by atoms with Crippen molar-refractivity contribution in [2.45, 2.75) is 19.3 Å². The average molecular weight is 198 g/mol. The van der Waals surface area contributed by atoms with Gasteiger partial charge in [0.1, 0.15) is 0 Å². The van der Waals surface area contributed by atoms with Gasteiger partial charge in [-0.3, -0.25) is 9.59 Å². The second kappa shape index (κ2) is 6.88. The Balaban J connectivity index is 4.03. The maximum absolute atomic E-state index is 10.6. The minimum absolute atomic E-state index is 0.246. The van der Waals surface area contributed by atoms with Gasteiger partial charge in [-0.1, -0.05) is 18.2 Å². The van der Waals surface area contributed by atoms with Gasteiger partial charge in [-0.25, -0.2) is 0 Å². The van der Waals surface area contributed by atoms with Gasteiger partial charge in [-0.15, -0.1) is 6.58 Å². The number of rotatable bonds is 7. The molecule has 1 atom stereocenters. The largest absolute Gasteiger partial charge is 0.481 e. The van der Waals surface area contributed by atoms with Gasteiger partial charge in [0.15, 0.2) is 0 Å². The molecular formula is C10H14O4. The Morgan fingerprint density at radius 2 is 1.93 bits per heavy atom. The summed E-state index contributed by atoms with van der Waals surface area (Å²) in [7, 11) is 0. The number of hydrogen-bond donors (Lipinski definition) is 2. The Morgan fingerprint density at radius 3 is 2.36 bits per heavy atom. The second-order valence-electron chi connectivity index (χ2n) is 2.86. The summed E-state index contributed by atoms with van der Waals surface area (Å²) in [5.74, 6) is -3.00. The van der Waals surface area contributed by atoms with E-state index >= 15 is 0 Å². The monoisotopic (exact) mass is 198 g/mol. The number of carboxylic acids is 2. The fourth-order valence-corrected chi connectivity index (χ4v) is 0.935. The summed E-state index contributed by atoms with van der Waals surface area (Å²) in [6, 6.07) is 0. The van der Waals surface area contributed by atoms with E-state index in [1.165, 1.54) is 0 Å².